The number of alkyl halides is 1. The van der Waals surface area contributed by atoms with Gasteiger partial charge in [-0.2, -0.15) is 0 Å². The Morgan fingerprint density at radius 1 is 1.00 bits per heavy atom. The van der Waals surface area contributed by atoms with E-state index in [1.165, 1.54) is 32.1 Å². The quantitative estimate of drug-likeness (QED) is 0.364. The molecule has 26 heavy (non-hydrogen) atoms. The molecule has 0 aliphatic heterocycles. The molecule has 1 unspecified atom stereocenters. The SMILES string of the molecule is CCCCCCCCC(CNC(=O)c1ccccc1)NC(=O)CCCCl. The number of carbonyl (C=O) groups excluding carboxylic acids is 2. The fraction of sp³-hybridized carbons (Fsp3) is 0.619. The van der Waals surface area contributed by atoms with Crippen molar-refractivity contribution in [3.63, 3.8) is 0 Å². The molecule has 146 valence electrons. The van der Waals surface area contributed by atoms with E-state index in [0.717, 1.165) is 12.8 Å². The molecule has 0 spiro atoms. The van der Waals surface area contributed by atoms with E-state index >= 15 is 0 Å². The van der Waals surface area contributed by atoms with Gasteiger partial charge in [0.1, 0.15) is 0 Å². The lowest BCUT2D eigenvalue weighted by Crippen LogP contribution is -2.43. The summed E-state index contributed by atoms with van der Waals surface area (Å²) in [5.74, 6) is 0.393. The fourth-order valence-corrected chi connectivity index (χ4v) is 2.96. The minimum Gasteiger partial charge on any atom is -0.352 e. The van der Waals surface area contributed by atoms with Gasteiger partial charge in [-0.1, -0.05) is 63.6 Å². The highest BCUT2D eigenvalue weighted by Crippen LogP contribution is 2.09. The number of halogens is 1. The summed E-state index contributed by atoms with van der Waals surface area (Å²) < 4.78 is 0. The molecule has 2 N–H and O–H groups in total. The number of hydrogen-bond acceptors (Lipinski definition) is 2. The molecule has 0 fully saturated rings. The molecule has 1 aromatic rings. The van der Waals surface area contributed by atoms with Crippen molar-refractivity contribution < 1.29 is 9.59 Å². The van der Waals surface area contributed by atoms with E-state index in [9.17, 15) is 9.59 Å². The van der Waals surface area contributed by atoms with Crippen molar-refractivity contribution in [1.82, 2.24) is 10.6 Å². The number of rotatable bonds is 14. The predicted octanol–water partition coefficient (Wildman–Crippen LogP) is 4.67. The molecule has 1 atom stereocenters. The molecule has 0 saturated carbocycles. The summed E-state index contributed by atoms with van der Waals surface area (Å²) in [5.41, 5.74) is 0.638. The van der Waals surface area contributed by atoms with Crippen LogP contribution in [-0.4, -0.2) is 30.3 Å². The third-order valence-electron chi connectivity index (χ3n) is 4.35. The van der Waals surface area contributed by atoms with Gasteiger partial charge in [0.25, 0.3) is 5.91 Å². The fourth-order valence-electron chi connectivity index (χ4n) is 2.83. The van der Waals surface area contributed by atoms with Gasteiger partial charge in [0.05, 0.1) is 0 Å². The maximum Gasteiger partial charge on any atom is 0.251 e. The number of benzene rings is 1. The first-order valence-electron chi connectivity index (χ1n) is 9.86. The van der Waals surface area contributed by atoms with E-state index < -0.39 is 0 Å². The van der Waals surface area contributed by atoms with Gasteiger partial charge in [0.15, 0.2) is 0 Å². The van der Waals surface area contributed by atoms with Gasteiger partial charge in [-0.3, -0.25) is 9.59 Å². The highest BCUT2D eigenvalue weighted by molar-refractivity contribution is 6.17. The third-order valence-corrected chi connectivity index (χ3v) is 4.62. The molecule has 2 amide bonds. The maximum absolute atomic E-state index is 12.2. The first-order valence-corrected chi connectivity index (χ1v) is 10.4. The van der Waals surface area contributed by atoms with Gasteiger partial charge in [-0.15, -0.1) is 11.6 Å². The molecule has 0 saturated heterocycles. The maximum atomic E-state index is 12.2. The zero-order chi connectivity index (χ0) is 19.0. The summed E-state index contributed by atoms with van der Waals surface area (Å²) in [6, 6.07) is 9.12. The van der Waals surface area contributed by atoms with Crippen molar-refractivity contribution in [3.8, 4) is 0 Å². The van der Waals surface area contributed by atoms with Crippen LogP contribution in [0.2, 0.25) is 0 Å². The lowest BCUT2D eigenvalue weighted by Gasteiger charge is -2.19. The predicted molar refractivity (Wildman–Crippen MR) is 109 cm³/mol. The molecule has 5 heteroatoms. The lowest BCUT2D eigenvalue weighted by atomic mass is 10.0. The first kappa shape index (κ1) is 22.5. The average molecular weight is 381 g/mol. The summed E-state index contributed by atoms with van der Waals surface area (Å²) in [4.78, 5) is 24.2. The van der Waals surface area contributed by atoms with Crippen LogP contribution in [0.5, 0.6) is 0 Å². The van der Waals surface area contributed by atoms with Crippen LogP contribution in [0.1, 0.15) is 75.1 Å². The molecule has 4 nitrogen and oxygen atoms in total. The second-order valence-corrected chi connectivity index (χ2v) is 7.07. The summed E-state index contributed by atoms with van der Waals surface area (Å²) in [5, 5.41) is 5.99. The van der Waals surface area contributed by atoms with Crippen LogP contribution in [-0.2, 0) is 4.79 Å². The number of unbranched alkanes of at least 4 members (excludes halogenated alkanes) is 5. The number of nitrogens with one attached hydrogen (secondary N) is 2. The Hall–Kier alpha value is -1.55. The Morgan fingerprint density at radius 2 is 1.69 bits per heavy atom. The number of hydrogen-bond donors (Lipinski definition) is 2. The van der Waals surface area contributed by atoms with E-state index in [1.54, 1.807) is 12.1 Å². The van der Waals surface area contributed by atoms with Crippen LogP contribution in [0.25, 0.3) is 0 Å². The van der Waals surface area contributed by atoms with E-state index in [2.05, 4.69) is 17.6 Å². The second kappa shape index (κ2) is 14.6. The summed E-state index contributed by atoms with van der Waals surface area (Å²) in [7, 11) is 0. The van der Waals surface area contributed by atoms with Crippen LogP contribution < -0.4 is 10.6 Å². The van der Waals surface area contributed by atoms with Crippen LogP contribution >= 0.6 is 11.6 Å². The average Bonchev–Trinajstić information content (AvgIpc) is 2.67. The van der Waals surface area contributed by atoms with Crippen molar-refractivity contribution in [2.75, 3.05) is 12.4 Å². The van der Waals surface area contributed by atoms with Gasteiger partial charge in [-0.05, 0) is 25.0 Å². The molecule has 0 bridgehead atoms. The molecule has 0 heterocycles. The standard InChI is InChI=1S/C21H33ClN2O2/c1-2-3-4-5-6-10-14-19(24-20(25)15-11-16-22)17-23-21(26)18-12-8-7-9-13-18/h7-9,12-13,19H,2-6,10-11,14-17H2,1H3,(H,23,26)(H,24,25). The van der Waals surface area contributed by atoms with Gasteiger partial charge in [-0.25, -0.2) is 0 Å². The molecule has 0 radical (unpaired) electrons. The van der Waals surface area contributed by atoms with Crippen molar-refractivity contribution in [1.29, 1.82) is 0 Å². The van der Waals surface area contributed by atoms with Crippen LogP contribution in [0.3, 0.4) is 0 Å². The van der Waals surface area contributed by atoms with E-state index in [-0.39, 0.29) is 17.9 Å². The Bertz CT molecular complexity index is 508. The van der Waals surface area contributed by atoms with Crippen molar-refractivity contribution in [2.24, 2.45) is 0 Å². The summed E-state index contributed by atoms with van der Waals surface area (Å²) in [6.45, 7) is 2.66. The molecule has 0 aromatic heterocycles. The van der Waals surface area contributed by atoms with E-state index in [4.69, 9.17) is 11.6 Å². The normalized spacial score (nSPS) is 11.8. The van der Waals surface area contributed by atoms with Crippen LogP contribution in [0, 0.1) is 0 Å². The van der Waals surface area contributed by atoms with Gasteiger partial charge in [0, 0.05) is 30.5 Å². The van der Waals surface area contributed by atoms with Crippen molar-refractivity contribution in [2.45, 2.75) is 70.8 Å². The minimum atomic E-state index is -0.103. The highest BCUT2D eigenvalue weighted by Gasteiger charge is 2.14. The number of amides is 2. The van der Waals surface area contributed by atoms with E-state index in [0.29, 0.717) is 30.8 Å². The monoisotopic (exact) mass is 380 g/mol. The van der Waals surface area contributed by atoms with Crippen LogP contribution in [0.4, 0.5) is 0 Å². The Kier molecular flexibility index (Phi) is 12.6. The first-order chi connectivity index (χ1) is 12.7. The van der Waals surface area contributed by atoms with Crippen molar-refractivity contribution in [3.05, 3.63) is 35.9 Å². The Balaban J connectivity index is 2.42. The third kappa shape index (κ3) is 10.4. The molecule has 0 aliphatic carbocycles. The van der Waals surface area contributed by atoms with E-state index in [1.807, 2.05) is 18.2 Å². The lowest BCUT2D eigenvalue weighted by molar-refractivity contribution is -0.121. The highest BCUT2D eigenvalue weighted by atomic mass is 35.5. The minimum absolute atomic E-state index is 0.00981. The Morgan fingerprint density at radius 3 is 2.38 bits per heavy atom. The molecular weight excluding hydrogens is 348 g/mol. The topological polar surface area (TPSA) is 58.2 Å². The molecule has 1 rings (SSSR count). The van der Waals surface area contributed by atoms with Gasteiger partial charge in [0.2, 0.25) is 5.91 Å². The Labute approximate surface area is 163 Å². The van der Waals surface area contributed by atoms with Gasteiger partial charge < -0.3 is 10.6 Å². The second-order valence-electron chi connectivity index (χ2n) is 6.69. The van der Waals surface area contributed by atoms with Crippen LogP contribution in [0.15, 0.2) is 30.3 Å². The largest absolute Gasteiger partial charge is 0.352 e. The summed E-state index contributed by atoms with van der Waals surface area (Å²) >= 11 is 5.66. The van der Waals surface area contributed by atoms with Gasteiger partial charge >= 0.3 is 0 Å². The smallest absolute Gasteiger partial charge is 0.251 e. The summed E-state index contributed by atoms with van der Waals surface area (Å²) in [6.07, 6.45) is 9.25. The zero-order valence-corrected chi connectivity index (χ0v) is 16.7. The zero-order valence-electron chi connectivity index (χ0n) is 15.9. The molecular formula is C21H33ClN2O2. The van der Waals surface area contributed by atoms with Crippen molar-refractivity contribution >= 4 is 23.4 Å². The number of carbonyl (C=O) groups is 2. The molecule has 0 aliphatic rings. The molecule has 1 aromatic carbocycles.